The second-order valence-corrected chi connectivity index (χ2v) is 6.53. The lowest BCUT2D eigenvalue weighted by Gasteiger charge is -2.10. The number of benzene rings is 2. The van der Waals surface area contributed by atoms with Gasteiger partial charge in [-0.15, -0.1) is 0 Å². The van der Waals surface area contributed by atoms with Gasteiger partial charge in [0.2, 0.25) is 0 Å². The normalized spacial score (nSPS) is 12.3. The number of carboxylic acids is 1. The summed E-state index contributed by atoms with van der Waals surface area (Å²) in [7, 11) is 0. The molecule has 0 amide bonds. The van der Waals surface area contributed by atoms with Gasteiger partial charge in [0, 0.05) is 16.6 Å². The number of carboxylic acid groups (broad SMARTS) is 1. The predicted molar refractivity (Wildman–Crippen MR) is 95.5 cm³/mol. The standard InChI is InChI=1S/C19H14ClF2NO4/c1-8(19(26)27)15-9(2)23(13-5-6-14(24)17(22)16(13)15)18(25)10-3-4-11(20)12(21)7-10/h3-8,24H,1-2H3,(H,26,27)/t8-/m0/s1. The molecule has 3 aromatic rings. The lowest BCUT2D eigenvalue weighted by molar-refractivity contribution is -0.138. The first-order valence-corrected chi connectivity index (χ1v) is 8.27. The number of aliphatic carboxylic acids is 1. The van der Waals surface area contributed by atoms with Crippen molar-refractivity contribution in [1.82, 2.24) is 4.57 Å². The van der Waals surface area contributed by atoms with Gasteiger partial charge in [-0.25, -0.2) is 8.78 Å². The Morgan fingerprint density at radius 2 is 1.85 bits per heavy atom. The Balaban J connectivity index is 2.35. The van der Waals surface area contributed by atoms with Crippen LogP contribution in [0, 0.1) is 18.6 Å². The van der Waals surface area contributed by atoms with Crippen LogP contribution in [0.5, 0.6) is 5.75 Å². The minimum Gasteiger partial charge on any atom is -0.505 e. The third kappa shape index (κ3) is 2.94. The van der Waals surface area contributed by atoms with E-state index in [2.05, 4.69) is 0 Å². The number of aromatic hydroxyl groups is 1. The summed E-state index contributed by atoms with van der Waals surface area (Å²) in [5, 5.41) is 18.8. The molecule has 1 aromatic heterocycles. The molecule has 0 saturated heterocycles. The number of aromatic nitrogens is 1. The Hall–Kier alpha value is -2.93. The van der Waals surface area contributed by atoms with Crippen LogP contribution in [0.2, 0.25) is 5.02 Å². The van der Waals surface area contributed by atoms with Crippen molar-refractivity contribution in [2.24, 2.45) is 0 Å². The van der Waals surface area contributed by atoms with Gasteiger partial charge in [0.15, 0.2) is 11.6 Å². The molecule has 27 heavy (non-hydrogen) atoms. The Morgan fingerprint density at radius 3 is 2.44 bits per heavy atom. The highest BCUT2D eigenvalue weighted by Gasteiger charge is 2.29. The van der Waals surface area contributed by atoms with E-state index in [0.29, 0.717) is 0 Å². The van der Waals surface area contributed by atoms with Crippen LogP contribution in [0.4, 0.5) is 8.78 Å². The van der Waals surface area contributed by atoms with Crippen molar-refractivity contribution in [2.75, 3.05) is 0 Å². The van der Waals surface area contributed by atoms with Crippen molar-refractivity contribution in [3.63, 3.8) is 0 Å². The number of hydrogen-bond acceptors (Lipinski definition) is 3. The summed E-state index contributed by atoms with van der Waals surface area (Å²) in [6, 6.07) is 5.86. The number of halogens is 3. The highest BCUT2D eigenvalue weighted by atomic mass is 35.5. The summed E-state index contributed by atoms with van der Waals surface area (Å²) < 4.78 is 29.5. The average Bonchev–Trinajstić information content (AvgIpc) is 2.91. The molecule has 8 heteroatoms. The van der Waals surface area contributed by atoms with Crippen LogP contribution in [0.3, 0.4) is 0 Å². The van der Waals surface area contributed by atoms with Gasteiger partial charge in [-0.05, 0) is 49.7 Å². The monoisotopic (exact) mass is 393 g/mol. The van der Waals surface area contributed by atoms with Crippen LogP contribution >= 0.6 is 11.6 Å². The maximum atomic E-state index is 14.6. The van der Waals surface area contributed by atoms with Gasteiger partial charge in [-0.2, -0.15) is 0 Å². The van der Waals surface area contributed by atoms with Crippen molar-refractivity contribution in [3.05, 3.63) is 63.8 Å². The summed E-state index contributed by atoms with van der Waals surface area (Å²) >= 11 is 5.64. The summed E-state index contributed by atoms with van der Waals surface area (Å²) in [4.78, 5) is 24.4. The number of phenolic OH excluding ortho intramolecular Hbond substituents is 1. The highest BCUT2D eigenvalue weighted by Crippen LogP contribution is 2.37. The zero-order valence-electron chi connectivity index (χ0n) is 14.3. The number of rotatable bonds is 3. The summed E-state index contributed by atoms with van der Waals surface area (Å²) in [6.07, 6.45) is 0. The number of hydrogen-bond donors (Lipinski definition) is 2. The first kappa shape index (κ1) is 18.8. The van der Waals surface area contributed by atoms with Crippen LogP contribution in [-0.4, -0.2) is 26.7 Å². The van der Waals surface area contributed by atoms with E-state index >= 15 is 0 Å². The SMILES string of the molecule is Cc1c([C@H](C)C(=O)O)c2c(F)c(O)ccc2n1C(=O)c1ccc(Cl)c(F)c1. The molecule has 2 N–H and O–H groups in total. The van der Waals surface area contributed by atoms with Crippen LogP contribution in [-0.2, 0) is 4.79 Å². The van der Waals surface area contributed by atoms with Gasteiger partial charge in [-0.3, -0.25) is 14.2 Å². The lowest BCUT2D eigenvalue weighted by Crippen LogP contribution is -2.15. The topological polar surface area (TPSA) is 79.5 Å². The van der Waals surface area contributed by atoms with Gasteiger partial charge in [0.05, 0.1) is 16.5 Å². The summed E-state index contributed by atoms with van der Waals surface area (Å²) in [5.41, 5.74) is 0.282. The molecule has 0 fully saturated rings. The smallest absolute Gasteiger partial charge is 0.310 e. The Labute approximate surface area is 157 Å². The van der Waals surface area contributed by atoms with E-state index in [1.807, 2.05) is 0 Å². The van der Waals surface area contributed by atoms with E-state index in [-0.39, 0.29) is 32.7 Å². The first-order valence-electron chi connectivity index (χ1n) is 7.90. The lowest BCUT2D eigenvalue weighted by atomic mass is 9.97. The zero-order valence-corrected chi connectivity index (χ0v) is 15.0. The maximum absolute atomic E-state index is 14.6. The molecule has 1 atom stereocenters. The van der Waals surface area contributed by atoms with Crippen molar-refractivity contribution in [3.8, 4) is 5.75 Å². The highest BCUT2D eigenvalue weighted by molar-refractivity contribution is 6.30. The van der Waals surface area contributed by atoms with Crippen LogP contribution in [0.25, 0.3) is 10.9 Å². The Morgan fingerprint density at radius 1 is 1.19 bits per heavy atom. The van der Waals surface area contributed by atoms with E-state index in [1.54, 1.807) is 0 Å². The van der Waals surface area contributed by atoms with E-state index in [9.17, 15) is 28.6 Å². The number of carbonyl (C=O) groups is 2. The minimum atomic E-state index is -1.22. The summed E-state index contributed by atoms with van der Waals surface area (Å²) in [6.45, 7) is 2.82. The van der Waals surface area contributed by atoms with Crippen molar-refractivity contribution in [1.29, 1.82) is 0 Å². The van der Waals surface area contributed by atoms with E-state index in [1.165, 1.54) is 32.0 Å². The molecule has 0 bridgehead atoms. The average molecular weight is 394 g/mol. The van der Waals surface area contributed by atoms with Gasteiger partial charge >= 0.3 is 5.97 Å². The number of carbonyl (C=O) groups excluding carboxylic acids is 1. The zero-order chi connectivity index (χ0) is 20.0. The third-order valence-electron chi connectivity index (χ3n) is 4.51. The quantitative estimate of drug-likeness (QED) is 0.688. The predicted octanol–water partition coefficient (Wildman–Crippen LogP) is 4.46. The Kier molecular flexibility index (Phi) is 4.65. The Bertz CT molecular complexity index is 1110. The van der Waals surface area contributed by atoms with Gasteiger partial charge in [-0.1, -0.05) is 11.6 Å². The molecule has 0 aliphatic heterocycles. The van der Waals surface area contributed by atoms with Crippen molar-refractivity contribution >= 4 is 34.4 Å². The van der Waals surface area contributed by atoms with Gasteiger partial charge < -0.3 is 10.2 Å². The van der Waals surface area contributed by atoms with E-state index in [4.69, 9.17) is 11.6 Å². The number of phenols is 1. The minimum absolute atomic E-state index is 0.0417. The molecule has 3 rings (SSSR count). The fraction of sp³-hybridized carbons (Fsp3) is 0.158. The largest absolute Gasteiger partial charge is 0.505 e. The fourth-order valence-electron chi connectivity index (χ4n) is 3.15. The van der Waals surface area contributed by atoms with E-state index in [0.717, 1.165) is 16.7 Å². The van der Waals surface area contributed by atoms with Crippen LogP contribution in [0.1, 0.15) is 34.5 Å². The van der Waals surface area contributed by atoms with Gasteiger partial charge in [0.25, 0.3) is 5.91 Å². The molecule has 0 unspecified atom stereocenters. The number of nitrogens with zero attached hydrogens (tertiary/aromatic N) is 1. The third-order valence-corrected chi connectivity index (χ3v) is 4.81. The maximum Gasteiger partial charge on any atom is 0.310 e. The van der Waals surface area contributed by atoms with Crippen molar-refractivity contribution < 1.29 is 28.6 Å². The molecule has 0 aliphatic carbocycles. The molecule has 0 spiro atoms. The van der Waals surface area contributed by atoms with E-state index < -0.39 is 35.2 Å². The fourth-order valence-corrected chi connectivity index (χ4v) is 3.27. The summed E-state index contributed by atoms with van der Waals surface area (Å²) in [5.74, 6) is -5.51. The molecule has 0 aliphatic rings. The molecule has 1 heterocycles. The molecule has 5 nitrogen and oxygen atoms in total. The second-order valence-electron chi connectivity index (χ2n) is 6.12. The molecule has 0 saturated carbocycles. The van der Waals surface area contributed by atoms with Crippen LogP contribution < -0.4 is 0 Å². The molecular weight excluding hydrogens is 380 g/mol. The molecule has 2 aromatic carbocycles. The second kappa shape index (κ2) is 6.66. The van der Waals surface area contributed by atoms with Gasteiger partial charge in [0.1, 0.15) is 5.82 Å². The number of fused-ring (bicyclic) bond motifs is 1. The van der Waals surface area contributed by atoms with Crippen LogP contribution in [0.15, 0.2) is 30.3 Å². The molecule has 0 radical (unpaired) electrons. The molecule has 140 valence electrons. The first-order chi connectivity index (χ1) is 12.6. The van der Waals surface area contributed by atoms with Crippen molar-refractivity contribution in [2.45, 2.75) is 19.8 Å². The molecular formula is C19H14ClF2NO4.